The van der Waals surface area contributed by atoms with Crippen LogP contribution >= 0.6 is 15.9 Å². The van der Waals surface area contributed by atoms with E-state index in [-0.39, 0.29) is 28.3 Å². The van der Waals surface area contributed by atoms with Crippen LogP contribution in [0.5, 0.6) is 0 Å². The first-order chi connectivity index (χ1) is 12.8. The van der Waals surface area contributed by atoms with E-state index < -0.39 is 16.6 Å². The lowest BCUT2D eigenvalue weighted by molar-refractivity contribution is -0.134. The van der Waals surface area contributed by atoms with Crippen LogP contribution in [-0.4, -0.2) is 41.9 Å². The Morgan fingerprint density at radius 2 is 1.45 bits per heavy atom. The van der Waals surface area contributed by atoms with Crippen LogP contribution in [0.4, 0.5) is 0 Å². The van der Waals surface area contributed by atoms with E-state index in [1.54, 1.807) is 0 Å². The Morgan fingerprint density at radius 3 is 1.83 bits per heavy atom. The van der Waals surface area contributed by atoms with Crippen LogP contribution in [0, 0.1) is 0 Å². The number of hydrogen-bond donors (Lipinski definition) is 0. The topological polar surface area (TPSA) is 44.8 Å². The van der Waals surface area contributed by atoms with E-state index in [4.69, 9.17) is 13.6 Å². The fourth-order valence-electron chi connectivity index (χ4n) is 2.18. The summed E-state index contributed by atoms with van der Waals surface area (Å²) in [6.45, 7) is 26.5. The minimum Gasteiger partial charge on any atom is -0.466 e. The van der Waals surface area contributed by atoms with Crippen LogP contribution in [0.1, 0.15) is 54.4 Å². The zero-order chi connectivity index (χ0) is 23.3. The normalized spacial score (nSPS) is 16.0. The van der Waals surface area contributed by atoms with Gasteiger partial charge in [-0.3, -0.25) is 0 Å². The third-order valence-corrected chi connectivity index (χ3v) is 15.7. The molecule has 0 saturated heterocycles. The summed E-state index contributed by atoms with van der Waals surface area (Å²) in [6.07, 6.45) is 4.41. The molecule has 0 rings (SSSR count). The summed E-state index contributed by atoms with van der Waals surface area (Å²) in [7, 11) is -2.58. The van der Waals surface area contributed by atoms with E-state index in [0.29, 0.717) is 12.8 Å². The highest BCUT2D eigenvalue weighted by Crippen LogP contribution is 2.41. The van der Waals surface area contributed by atoms with Crippen LogP contribution in [0.15, 0.2) is 23.2 Å². The zero-order valence-corrected chi connectivity index (χ0v) is 24.0. The van der Waals surface area contributed by atoms with Crippen molar-refractivity contribution in [1.29, 1.82) is 0 Å². The van der Waals surface area contributed by atoms with Crippen LogP contribution in [0.2, 0.25) is 36.3 Å². The SMILES string of the molecule is C=C(Br)[C@H](C[C@@H](C/C=C\C(=O)OC)O[Si](C)(C)C(C)(C)C)O[Si](C)(C)C(C)(C)C. The monoisotopic (exact) mass is 506 g/mol. The summed E-state index contributed by atoms with van der Waals surface area (Å²) in [4.78, 5) is 11.5. The Hall–Kier alpha value is -0.216. The molecule has 0 aliphatic carbocycles. The summed E-state index contributed by atoms with van der Waals surface area (Å²) >= 11 is 3.58. The van der Waals surface area contributed by atoms with Crippen molar-refractivity contribution in [3.05, 3.63) is 23.2 Å². The van der Waals surface area contributed by atoms with Gasteiger partial charge in [-0.25, -0.2) is 4.79 Å². The molecule has 0 aromatic heterocycles. The second-order valence-corrected chi connectivity index (χ2v) is 21.2. The van der Waals surface area contributed by atoms with Gasteiger partial charge in [-0.05, 0) is 42.7 Å². The van der Waals surface area contributed by atoms with Crippen molar-refractivity contribution in [2.45, 2.75) is 103 Å². The van der Waals surface area contributed by atoms with Gasteiger partial charge in [-0.15, -0.1) is 0 Å². The van der Waals surface area contributed by atoms with Gasteiger partial charge in [0.15, 0.2) is 16.6 Å². The van der Waals surface area contributed by atoms with Crippen molar-refractivity contribution in [3.63, 3.8) is 0 Å². The van der Waals surface area contributed by atoms with E-state index in [1.807, 2.05) is 6.08 Å². The molecule has 0 aromatic carbocycles. The number of carbonyl (C=O) groups is 1. The minimum atomic E-state index is -1.99. The van der Waals surface area contributed by atoms with Gasteiger partial charge >= 0.3 is 5.97 Å². The first-order valence-electron chi connectivity index (χ1n) is 10.3. The van der Waals surface area contributed by atoms with Crippen LogP contribution in [0.3, 0.4) is 0 Å². The summed E-state index contributed by atoms with van der Waals surface area (Å²) in [5.41, 5.74) is 0. The molecule has 4 nitrogen and oxygen atoms in total. The van der Waals surface area contributed by atoms with Crippen molar-refractivity contribution in [3.8, 4) is 0 Å². The predicted molar refractivity (Wildman–Crippen MR) is 133 cm³/mol. The smallest absolute Gasteiger partial charge is 0.330 e. The number of ether oxygens (including phenoxy) is 1. The van der Waals surface area contributed by atoms with Crippen molar-refractivity contribution in [2.75, 3.05) is 7.11 Å². The molecule has 7 heteroatoms. The van der Waals surface area contributed by atoms with Crippen molar-refractivity contribution in [2.24, 2.45) is 0 Å². The minimum absolute atomic E-state index is 0.0686. The summed E-state index contributed by atoms with van der Waals surface area (Å²) in [5.74, 6) is -0.352. The van der Waals surface area contributed by atoms with Gasteiger partial charge in [0.05, 0.1) is 19.3 Å². The summed E-state index contributed by atoms with van der Waals surface area (Å²) in [6, 6.07) is 0. The Kier molecular flexibility index (Phi) is 10.8. The fraction of sp³-hybridized carbons (Fsp3) is 0.773. The molecule has 0 heterocycles. The highest BCUT2D eigenvalue weighted by molar-refractivity contribution is 9.11. The lowest BCUT2D eigenvalue weighted by Crippen LogP contribution is -2.47. The standard InChI is InChI=1S/C22H43BrO4Si2/c1-17(23)19(27-29(11,12)22(5,6)7)16-18(14-13-15-20(24)25-8)26-28(9,10)21(2,3)4/h13,15,18-19H,1,14,16H2,2-12H3/b15-13-/t18-,19+/m1/s1. The lowest BCUT2D eigenvalue weighted by Gasteiger charge is -2.42. The van der Waals surface area contributed by atoms with Gasteiger partial charge in [0.1, 0.15) is 0 Å². The first-order valence-corrected chi connectivity index (χ1v) is 16.9. The third-order valence-electron chi connectivity index (χ3n) is 6.19. The molecule has 0 bridgehead atoms. The van der Waals surface area contributed by atoms with Crippen LogP contribution in [-0.2, 0) is 18.4 Å². The van der Waals surface area contributed by atoms with Crippen LogP contribution < -0.4 is 0 Å². The van der Waals surface area contributed by atoms with E-state index in [1.165, 1.54) is 13.2 Å². The highest BCUT2D eigenvalue weighted by Gasteiger charge is 2.42. The molecule has 0 radical (unpaired) electrons. The van der Waals surface area contributed by atoms with E-state index in [0.717, 1.165) is 4.48 Å². The molecular formula is C22H43BrO4Si2. The molecule has 2 atom stereocenters. The first kappa shape index (κ1) is 28.8. The molecular weight excluding hydrogens is 464 g/mol. The number of carbonyl (C=O) groups excluding carboxylic acids is 1. The summed E-state index contributed by atoms with van der Waals surface area (Å²) < 4.78 is 18.9. The highest BCUT2D eigenvalue weighted by atomic mass is 79.9. The number of halogens is 1. The third kappa shape index (κ3) is 9.64. The Morgan fingerprint density at radius 1 is 1.00 bits per heavy atom. The molecule has 0 N–H and O–H groups in total. The molecule has 0 fully saturated rings. The maximum Gasteiger partial charge on any atom is 0.330 e. The Balaban J connectivity index is 5.64. The number of methoxy groups -OCH3 is 1. The van der Waals surface area contributed by atoms with E-state index in [2.05, 4.69) is 90.2 Å². The zero-order valence-electron chi connectivity index (χ0n) is 20.4. The summed E-state index contributed by atoms with van der Waals surface area (Å²) in [5, 5.41) is 0.201. The molecule has 0 aliphatic heterocycles. The number of esters is 1. The van der Waals surface area contributed by atoms with Crippen molar-refractivity contribution in [1.82, 2.24) is 0 Å². The number of rotatable bonds is 10. The van der Waals surface area contributed by atoms with Gasteiger partial charge in [-0.2, -0.15) is 0 Å². The molecule has 0 unspecified atom stereocenters. The second-order valence-electron chi connectivity index (χ2n) is 10.7. The van der Waals surface area contributed by atoms with Gasteiger partial charge in [0.2, 0.25) is 0 Å². The van der Waals surface area contributed by atoms with E-state index >= 15 is 0 Å². The van der Waals surface area contributed by atoms with Crippen molar-refractivity contribution < 1.29 is 18.4 Å². The van der Waals surface area contributed by atoms with E-state index in [9.17, 15) is 4.79 Å². The molecule has 0 amide bonds. The van der Waals surface area contributed by atoms with Gasteiger partial charge in [0.25, 0.3) is 0 Å². The predicted octanol–water partition coefficient (Wildman–Crippen LogP) is 7.19. The molecule has 0 spiro atoms. The maximum absolute atomic E-state index is 11.5. The lowest BCUT2D eigenvalue weighted by atomic mass is 10.1. The molecule has 170 valence electrons. The molecule has 29 heavy (non-hydrogen) atoms. The molecule has 0 aromatic rings. The number of hydrogen-bond acceptors (Lipinski definition) is 4. The van der Waals surface area contributed by atoms with Crippen LogP contribution in [0.25, 0.3) is 0 Å². The largest absolute Gasteiger partial charge is 0.466 e. The maximum atomic E-state index is 11.5. The second kappa shape index (κ2) is 10.9. The molecule has 0 aliphatic rings. The Bertz CT molecular complexity index is 587. The van der Waals surface area contributed by atoms with Gasteiger partial charge in [0, 0.05) is 17.0 Å². The quantitative estimate of drug-likeness (QED) is 0.178. The fourth-order valence-corrected chi connectivity index (χ4v) is 5.32. The Labute approximate surface area is 189 Å². The van der Waals surface area contributed by atoms with Gasteiger partial charge in [-0.1, -0.05) is 70.1 Å². The van der Waals surface area contributed by atoms with Gasteiger partial charge < -0.3 is 13.6 Å². The average Bonchev–Trinajstić information content (AvgIpc) is 2.50. The van der Waals surface area contributed by atoms with Crippen molar-refractivity contribution >= 4 is 38.5 Å². The average molecular weight is 508 g/mol. The molecule has 0 saturated carbocycles.